The second-order valence-corrected chi connectivity index (χ2v) is 7.91. The minimum absolute atomic E-state index is 0.111. The Kier molecular flexibility index (Phi) is 6.93. The van der Waals surface area contributed by atoms with Crippen LogP contribution in [-0.2, 0) is 9.53 Å². The summed E-state index contributed by atoms with van der Waals surface area (Å²) in [7, 11) is 1.57. The molecule has 1 aromatic heterocycles. The topological polar surface area (TPSA) is 103 Å². The fraction of sp³-hybridized carbons (Fsp3) is 0.273. The first-order chi connectivity index (χ1) is 15.6. The maximum Gasteiger partial charge on any atom is 0.254 e. The lowest BCUT2D eigenvalue weighted by Crippen LogP contribution is -2.36. The molecular formula is C22H22N4O5S. The zero-order valence-electron chi connectivity index (χ0n) is 17.4. The Bertz CT molecular complexity index is 1090. The van der Waals surface area contributed by atoms with Gasteiger partial charge in [0.1, 0.15) is 5.01 Å². The highest BCUT2D eigenvalue weighted by Gasteiger charge is 2.21. The van der Waals surface area contributed by atoms with Crippen molar-refractivity contribution >= 4 is 28.3 Å². The standard InChI is InChI=1S/C22H22N4O5S/c1-29-12-11-26(21(28)16-7-8-17-18(13-16)31-14-30-17)10-9-19(27)23-22-25-24-20(32-22)15-5-3-2-4-6-15/h2-8,13H,9-12,14H2,1H3,(H,23,25,27). The van der Waals surface area contributed by atoms with Gasteiger partial charge in [-0.25, -0.2) is 0 Å². The summed E-state index contributed by atoms with van der Waals surface area (Å²) in [5.41, 5.74) is 1.40. The largest absolute Gasteiger partial charge is 0.454 e. The average Bonchev–Trinajstić information content (AvgIpc) is 3.48. The number of anilines is 1. The van der Waals surface area contributed by atoms with E-state index >= 15 is 0 Å². The summed E-state index contributed by atoms with van der Waals surface area (Å²) in [6, 6.07) is 14.7. The molecule has 10 heteroatoms. The molecule has 1 aliphatic rings. The van der Waals surface area contributed by atoms with Crippen LogP contribution in [0.15, 0.2) is 48.5 Å². The number of amides is 2. The van der Waals surface area contributed by atoms with E-state index in [0.29, 0.717) is 35.3 Å². The van der Waals surface area contributed by atoms with Crippen molar-refractivity contribution in [2.45, 2.75) is 6.42 Å². The molecule has 2 amide bonds. The maximum absolute atomic E-state index is 13.0. The lowest BCUT2D eigenvalue weighted by Gasteiger charge is -2.22. The van der Waals surface area contributed by atoms with E-state index in [1.807, 2.05) is 30.3 Å². The molecule has 1 aliphatic heterocycles. The van der Waals surface area contributed by atoms with Crippen LogP contribution < -0.4 is 14.8 Å². The smallest absolute Gasteiger partial charge is 0.254 e. The van der Waals surface area contributed by atoms with Gasteiger partial charge in [0.15, 0.2) is 11.5 Å². The van der Waals surface area contributed by atoms with E-state index in [1.54, 1.807) is 30.2 Å². The third-order valence-corrected chi connectivity index (χ3v) is 5.66. The van der Waals surface area contributed by atoms with Crippen LogP contribution in [0.1, 0.15) is 16.8 Å². The summed E-state index contributed by atoms with van der Waals surface area (Å²) in [6.45, 7) is 1.08. The van der Waals surface area contributed by atoms with E-state index in [-0.39, 0.29) is 31.6 Å². The Morgan fingerprint density at radius 2 is 1.91 bits per heavy atom. The van der Waals surface area contributed by atoms with Crippen LogP contribution >= 0.6 is 11.3 Å². The van der Waals surface area contributed by atoms with Crippen molar-refractivity contribution in [1.82, 2.24) is 15.1 Å². The van der Waals surface area contributed by atoms with Gasteiger partial charge in [0, 0.05) is 37.7 Å². The molecule has 2 aromatic carbocycles. The van der Waals surface area contributed by atoms with Gasteiger partial charge in [-0.1, -0.05) is 41.7 Å². The van der Waals surface area contributed by atoms with E-state index in [4.69, 9.17) is 14.2 Å². The molecule has 0 spiro atoms. The van der Waals surface area contributed by atoms with Crippen molar-refractivity contribution in [3.63, 3.8) is 0 Å². The van der Waals surface area contributed by atoms with Gasteiger partial charge in [-0.05, 0) is 18.2 Å². The third kappa shape index (κ3) is 5.21. The summed E-state index contributed by atoms with van der Waals surface area (Å²) >= 11 is 1.30. The van der Waals surface area contributed by atoms with Crippen LogP contribution in [0, 0.1) is 0 Å². The monoisotopic (exact) mass is 454 g/mol. The van der Waals surface area contributed by atoms with Crippen LogP contribution in [0.4, 0.5) is 5.13 Å². The molecule has 0 fully saturated rings. The molecule has 0 bridgehead atoms. The van der Waals surface area contributed by atoms with E-state index in [9.17, 15) is 9.59 Å². The molecular weight excluding hydrogens is 432 g/mol. The highest BCUT2D eigenvalue weighted by molar-refractivity contribution is 7.18. The number of rotatable bonds is 9. The number of hydrogen-bond donors (Lipinski definition) is 1. The van der Waals surface area contributed by atoms with Crippen molar-refractivity contribution in [3.8, 4) is 22.1 Å². The molecule has 0 atom stereocenters. The van der Waals surface area contributed by atoms with Gasteiger partial charge in [-0.3, -0.25) is 9.59 Å². The number of nitrogens with zero attached hydrogens (tertiary/aromatic N) is 3. The Morgan fingerprint density at radius 1 is 1.09 bits per heavy atom. The maximum atomic E-state index is 13.0. The first-order valence-electron chi connectivity index (χ1n) is 10.0. The van der Waals surface area contributed by atoms with Crippen LogP contribution in [0.5, 0.6) is 11.5 Å². The fourth-order valence-corrected chi connectivity index (χ4v) is 3.88. The van der Waals surface area contributed by atoms with Gasteiger partial charge >= 0.3 is 0 Å². The van der Waals surface area contributed by atoms with Crippen molar-refractivity contribution in [3.05, 3.63) is 54.1 Å². The SMILES string of the molecule is COCCN(CCC(=O)Nc1nnc(-c2ccccc2)s1)C(=O)c1ccc2c(c1)OCO2. The second-order valence-electron chi connectivity index (χ2n) is 6.93. The predicted octanol–water partition coefficient (Wildman–Crippen LogP) is 3.05. The lowest BCUT2D eigenvalue weighted by atomic mass is 10.1. The molecule has 3 aromatic rings. The van der Waals surface area contributed by atoms with Crippen molar-refractivity contribution in [1.29, 1.82) is 0 Å². The molecule has 32 heavy (non-hydrogen) atoms. The molecule has 9 nitrogen and oxygen atoms in total. The summed E-state index contributed by atoms with van der Waals surface area (Å²) in [6.07, 6.45) is 0.111. The zero-order valence-corrected chi connectivity index (χ0v) is 18.3. The van der Waals surface area contributed by atoms with Crippen molar-refractivity contribution in [2.24, 2.45) is 0 Å². The lowest BCUT2D eigenvalue weighted by molar-refractivity contribution is -0.116. The first-order valence-corrected chi connectivity index (χ1v) is 10.8. The number of fused-ring (bicyclic) bond motifs is 1. The second kappa shape index (κ2) is 10.2. The molecule has 2 heterocycles. The molecule has 0 radical (unpaired) electrons. The number of carbonyl (C=O) groups excluding carboxylic acids is 2. The van der Waals surface area contributed by atoms with Crippen LogP contribution in [0.3, 0.4) is 0 Å². The van der Waals surface area contributed by atoms with E-state index in [2.05, 4.69) is 15.5 Å². The third-order valence-electron chi connectivity index (χ3n) is 4.77. The molecule has 4 rings (SSSR count). The average molecular weight is 455 g/mol. The Hall–Kier alpha value is -3.50. The highest BCUT2D eigenvalue weighted by atomic mass is 32.1. The van der Waals surface area contributed by atoms with Gasteiger partial charge in [-0.2, -0.15) is 0 Å². The predicted molar refractivity (Wildman–Crippen MR) is 119 cm³/mol. The fourth-order valence-electron chi connectivity index (χ4n) is 3.12. The van der Waals surface area contributed by atoms with Crippen LogP contribution in [0.2, 0.25) is 0 Å². The Balaban J connectivity index is 1.36. The summed E-state index contributed by atoms with van der Waals surface area (Å²) in [5, 5.41) is 12.1. The van der Waals surface area contributed by atoms with Crippen LogP contribution in [0.25, 0.3) is 10.6 Å². The van der Waals surface area contributed by atoms with Crippen molar-refractivity contribution in [2.75, 3.05) is 38.9 Å². The van der Waals surface area contributed by atoms with Crippen LogP contribution in [-0.4, -0.2) is 60.5 Å². The van der Waals surface area contributed by atoms with Gasteiger partial charge in [0.25, 0.3) is 5.91 Å². The molecule has 0 saturated carbocycles. The normalized spacial score (nSPS) is 11.9. The van der Waals surface area contributed by atoms with Crippen molar-refractivity contribution < 1.29 is 23.8 Å². The van der Waals surface area contributed by atoms with Gasteiger partial charge < -0.3 is 24.4 Å². The van der Waals surface area contributed by atoms with Gasteiger partial charge in [0.2, 0.25) is 17.8 Å². The van der Waals surface area contributed by atoms with E-state index < -0.39 is 0 Å². The number of hydrogen-bond acceptors (Lipinski definition) is 8. The minimum atomic E-state index is -0.248. The number of methoxy groups -OCH3 is 1. The number of carbonyl (C=O) groups is 2. The quantitative estimate of drug-likeness (QED) is 0.530. The number of nitrogens with one attached hydrogen (secondary N) is 1. The minimum Gasteiger partial charge on any atom is -0.454 e. The van der Waals surface area contributed by atoms with Gasteiger partial charge in [-0.15, -0.1) is 10.2 Å². The first kappa shape index (κ1) is 21.7. The Morgan fingerprint density at radius 3 is 2.72 bits per heavy atom. The summed E-state index contributed by atoms with van der Waals surface area (Å²) in [4.78, 5) is 27.1. The number of aromatic nitrogens is 2. The molecule has 0 saturated heterocycles. The highest BCUT2D eigenvalue weighted by Crippen LogP contribution is 2.33. The molecule has 0 aliphatic carbocycles. The number of benzene rings is 2. The molecule has 166 valence electrons. The Labute approximate surface area is 188 Å². The van der Waals surface area contributed by atoms with E-state index in [1.165, 1.54) is 11.3 Å². The van der Waals surface area contributed by atoms with Gasteiger partial charge in [0.05, 0.1) is 6.61 Å². The summed E-state index contributed by atoms with van der Waals surface area (Å²) in [5.74, 6) is 0.680. The van der Waals surface area contributed by atoms with E-state index in [0.717, 1.165) is 10.6 Å². The molecule has 0 unspecified atom stereocenters. The molecule has 1 N–H and O–H groups in total. The number of ether oxygens (including phenoxy) is 3. The zero-order chi connectivity index (χ0) is 22.3. The summed E-state index contributed by atoms with van der Waals surface area (Å²) < 4.78 is 15.8.